The Morgan fingerprint density at radius 2 is 1.97 bits per heavy atom. The lowest BCUT2D eigenvalue weighted by molar-refractivity contribution is -0.134. The van der Waals surface area contributed by atoms with Gasteiger partial charge < -0.3 is 14.5 Å². The van der Waals surface area contributed by atoms with Gasteiger partial charge in [-0.2, -0.15) is 0 Å². The Kier molecular flexibility index (Phi) is 6.48. The molecule has 1 unspecified atom stereocenters. The summed E-state index contributed by atoms with van der Waals surface area (Å²) in [5.74, 6) is 0.193. The maximum atomic E-state index is 13.2. The number of likely N-dealkylation sites (N-methyl/N-ethyl adjacent to an activating group) is 1. The minimum Gasteiger partial charge on any atom is -0.496 e. The molecule has 2 aromatic carbocycles. The quantitative estimate of drug-likeness (QED) is 0.735. The second kappa shape index (κ2) is 8.87. The number of halogens is 1. The maximum absolute atomic E-state index is 13.2. The van der Waals surface area contributed by atoms with Gasteiger partial charge in [-0.05, 0) is 56.0 Å². The molecule has 1 aliphatic heterocycles. The van der Waals surface area contributed by atoms with Crippen molar-refractivity contribution in [3.8, 4) is 5.75 Å². The van der Waals surface area contributed by atoms with Crippen LogP contribution < -0.4 is 4.74 Å². The Labute approximate surface area is 177 Å². The Balaban J connectivity index is 1.78. The number of amides is 2. The molecule has 6 heteroatoms. The van der Waals surface area contributed by atoms with Crippen LogP contribution in [0.2, 0.25) is 5.02 Å². The van der Waals surface area contributed by atoms with Crippen LogP contribution in [0.5, 0.6) is 5.75 Å². The van der Waals surface area contributed by atoms with E-state index in [1.165, 1.54) is 12.7 Å². The average Bonchev–Trinajstić information content (AvgIpc) is 3.18. The number of carbonyl (C=O) groups excluding carboxylic acids is 2. The number of methoxy groups -OCH3 is 1. The maximum Gasteiger partial charge on any atom is 0.258 e. The van der Waals surface area contributed by atoms with Crippen molar-refractivity contribution in [2.45, 2.75) is 39.3 Å². The zero-order chi connectivity index (χ0) is 21.1. The first-order valence-corrected chi connectivity index (χ1v) is 10.1. The first-order valence-electron chi connectivity index (χ1n) is 9.77. The van der Waals surface area contributed by atoms with Crippen LogP contribution in [0.4, 0.5) is 0 Å². The molecular formula is C23H27ClN2O3. The van der Waals surface area contributed by atoms with Crippen molar-refractivity contribution >= 4 is 23.4 Å². The third kappa shape index (κ3) is 4.56. The van der Waals surface area contributed by atoms with E-state index in [0.717, 1.165) is 17.5 Å². The van der Waals surface area contributed by atoms with Crippen LogP contribution in [0.25, 0.3) is 0 Å². The number of hydrogen-bond donors (Lipinski definition) is 0. The van der Waals surface area contributed by atoms with E-state index < -0.39 is 6.04 Å². The Morgan fingerprint density at radius 3 is 2.66 bits per heavy atom. The van der Waals surface area contributed by atoms with Gasteiger partial charge in [0, 0.05) is 25.2 Å². The van der Waals surface area contributed by atoms with Crippen LogP contribution in [0, 0.1) is 13.8 Å². The summed E-state index contributed by atoms with van der Waals surface area (Å²) in [5, 5.41) is 0.461. The first kappa shape index (κ1) is 21.2. The van der Waals surface area contributed by atoms with E-state index in [1.54, 1.807) is 35.0 Å². The third-order valence-electron chi connectivity index (χ3n) is 5.47. The van der Waals surface area contributed by atoms with Gasteiger partial charge in [-0.15, -0.1) is 0 Å². The summed E-state index contributed by atoms with van der Waals surface area (Å²) in [6, 6.07) is 10.7. The van der Waals surface area contributed by atoms with Crippen molar-refractivity contribution in [1.29, 1.82) is 0 Å². The van der Waals surface area contributed by atoms with Crippen LogP contribution >= 0.6 is 11.6 Å². The summed E-state index contributed by atoms with van der Waals surface area (Å²) in [4.78, 5) is 29.7. The highest BCUT2D eigenvalue weighted by Crippen LogP contribution is 2.28. The Hall–Kier alpha value is -2.53. The van der Waals surface area contributed by atoms with Crippen LogP contribution in [-0.2, 0) is 11.3 Å². The van der Waals surface area contributed by atoms with Crippen LogP contribution in [0.15, 0.2) is 36.4 Å². The Bertz CT molecular complexity index is 928. The number of aryl methyl sites for hydroxylation is 2. The summed E-state index contributed by atoms with van der Waals surface area (Å²) in [7, 11) is 3.31. The summed E-state index contributed by atoms with van der Waals surface area (Å²) in [6.45, 7) is 5.17. The molecule has 0 bridgehead atoms. The molecule has 0 radical (unpaired) electrons. The van der Waals surface area contributed by atoms with Gasteiger partial charge in [0.1, 0.15) is 11.8 Å². The Morgan fingerprint density at radius 1 is 1.21 bits per heavy atom. The van der Waals surface area contributed by atoms with Crippen molar-refractivity contribution in [2.75, 3.05) is 20.7 Å². The van der Waals surface area contributed by atoms with Gasteiger partial charge in [-0.25, -0.2) is 0 Å². The SMILES string of the molecule is COc1ccc(Cl)cc1C(=O)N1CCCC1C(=O)N(C)Cc1ccc(C)cc1C. The van der Waals surface area contributed by atoms with E-state index in [1.807, 2.05) is 0 Å². The highest BCUT2D eigenvalue weighted by atomic mass is 35.5. The molecule has 3 rings (SSSR count). The van der Waals surface area contributed by atoms with Crippen molar-refractivity contribution in [3.05, 3.63) is 63.7 Å². The molecule has 1 heterocycles. The summed E-state index contributed by atoms with van der Waals surface area (Å²) in [6.07, 6.45) is 1.45. The average molecular weight is 415 g/mol. The zero-order valence-electron chi connectivity index (χ0n) is 17.4. The standard InChI is InChI=1S/C23H27ClN2O3/c1-15-7-8-17(16(2)12-15)14-25(3)23(28)20-6-5-11-26(20)22(27)19-13-18(24)9-10-21(19)29-4/h7-10,12-13,20H,5-6,11,14H2,1-4H3. The number of benzene rings is 2. The molecule has 154 valence electrons. The van der Waals surface area contributed by atoms with Crippen LogP contribution in [-0.4, -0.2) is 48.4 Å². The fourth-order valence-electron chi connectivity index (χ4n) is 3.88. The number of rotatable bonds is 5. The van der Waals surface area contributed by atoms with Gasteiger partial charge in [-0.1, -0.05) is 35.4 Å². The summed E-state index contributed by atoms with van der Waals surface area (Å²) in [5.41, 5.74) is 3.85. The largest absolute Gasteiger partial charge is 0.496 e. The monoisotopic (exact) mass is 414 g/mol. The van der Waals surface area contributed by atoms with Gasteiger partial charge in [0.2, 0.25) is 5.91 Å². The molecule has 1 fully saturated rings. The highest BCUT2D eigenvalue weighted by Gasteiger charge is 2.37. The minimum atomic E-state index is -0.470. The molecule has 0 aliphatic carbocycles. The predicted molar refractivity (Wildman–Crippen MR) is 114 cm³/mol. The second-order valence-corrected chi connectivity index (χ2v) is 8.06. The van der Waals surface area contributed by atoms with E-state index >= 15 is 0 Å². The first-order chi connectivity index (χ1) is 13.8. The fourth-order valence-corrected chi connectivity index (χ4v) is 4.05. The van der Waals surface area contributed by atoms with E-state index in [9.17, 15) is 9.59 Å². The third-order valence-corrected chi connectivity index (χ3v) is 5.71. The second-order valence-electron chi connectivity index (χ2n) is 7.63. The van der Waals surface area contributed by atoms with E-state index in [4.69, 9.17) is 16.3 Å². The van der Waals surface area contributed by atoms with Crippen molar-refractivity contribution in [1.82, 2.24) is 9.80 Å². The molecule has 1 saturated heterocycles. The molecule has 1 atom stereocenters. The molecule has 0 saturated carbocycles. The molecule has 2 aromatic rings. The normalized spacial score (nSPS) is 16.0. The van der Waals surface area contributed by atoms with Crippen LogP contribution in [0.1, 0.15) is 39.9 Å². The molecule has 0 N–H and O–H groups in total. The van der Waals surface area contributed by atoms with Crippen molar-refractivity contribution < 1.29 is 14.3 Å². The molecule has 5 nitrogen and oxygen atoms in total. The summed E-state index contributed by atoms with van der Waals surface area (Å²) < 4.78 is 5.32. The van der Waals surface area contributed by atoms with Crippen LogP contribution in [0.3, 0.4) is 0 Å². The van der Waals surface area contributed by atoms with E-state index in [2.05, 4.69) is 32.0 Å². The number of ether oxygens (including phenoxy) is 1. The molecule has 0 aromatic heterocycles. The van der Waals surface area contributed by atoms with Gasteiger partial charge in [0.05, 0.1) is 12.7 Å². The predicted octanol–water partition coefficient (Wildman–Crippen LogP) is 4.23. The van der Waals surface area contributed by atoms with Gasteiger partial charge in [0.25, 0.3) is 5.91 Å². The fraction of sp³-hybridized carbons (Fsp3) is 0.391. The zero-order valence-corrected chi connectivity index (χ0v) is 18.1. The van der Waals surface area contributed by atoms with Gasteiger partial charge in [0.15, 0.2) is 0 Å². The molecule has 29 heavy (non-hydrogen) atoms. The lowest BCUT2D eigenvalue weighted by Crippen LogP contribution is -2.46. The number of hydrogen-bond acceptors (Lipinski definition) is 3. The smallest absolute Gasteiger partial charge is 0.258 e. The number of nitrogens with zero attached hydrogens (tertiary/aromatic N) is 2. The minimum absolute atomic E-state index is 0.0446. The lowest BCUT2D eigenvalue weighted by atomic mass is 10.0. The molecular weight excluding hydrogens is 388 g/mol. The molecule has 1 aliphatic rings. The highest BCUT2D eigenvalue weighted by molar-refractivity contribution is 6.31. The molecule has 2 amide bonds. The van der Waals surface area contributed by atoms with E-state index in [-0.39, 0.29) is 11.8 Å². The van der Waals surface area contributed by atoms with Gasteiger partial charge >= 0.3 is 0 Å². The number of carbonyl (C=O) groups is 2. The topological polar surface area (TPSA) is 49.9 Å². The van der Waals surface area contributed by atoms with Crippen molar-refractivity contribution in [3.63, 3.8) is 0 Å². The lowest BCUT2D eigenvalue weighted by Gasteiger charge is -2.29. The number of likely N-dealkylation sites (tertiary alicyclic amines) is 1. The molecule has 0 spiro atoms. The van der Waals surface area contributed by atoms with Crippen molar-refractivity contribution in [2.24, 2.45) is 0 Å². The van der Waals surface area contributed by atoms with Gasteiger partial charge in [-0.3, -0.25) is 9.59 Å². The van der Waals surface area contributed by atoms with E-state index in [0.29, 0.717) is 35.8 Å². The summed E-state index contributed by atoms with van der Waals surface area (Å²) >= 11 is 6.09.